The number of hydrogen-bond acceptors (Lipinski definition) is 6. The van der Waals surface area contributed by atoms with Gasteiger partial charge >= 0.3 is 0 Å². The number of pyridine rings is 1. The van der Waals surface area contributed by atoms with E-state index in [-0.39, 0.29) is 12.4 Å². The Hall–Kier alpha value is -3.36. The van der Waals surface area contributed by atoms with Gasteiger partial charge in [0, 0.05) is 38.2 Å². The number of rotatable bonds is 8. The van der Waals surface area contributed by atoms with Gasteiger partial charge < -0.3 is 15.2 Å². The number of fused-ring (bicyclic) bond motifs is 1. The maximum absolute atomic E-state index is 13.5. The molecule has 7 nitrogen and oxygen atoms in total. The molecule has 0 amide bonds. The first-order chi connectivity index (χ1) is 14.7. The molecule has 30 heavy (non-hydrogen) atoms. The highest BCUT2D eigenvalue weighted by Gasteiger charge is 2.18. The fourth-order valence-electron chi connectivity index (χ4n) is 3.23. The molecule has 0 bridgehead atoms. The number of methoxy groups -OCH3 is 1. The Bertz CT molecular complexity index is 1140. The highest BCUT2D eigenvalue weighted by Crippen LogP contribution is 2.32. The predicted molar refractivity (Wildman–Crippen MR) is 113 cm³/mol. The van der Waals surface area contributed by atoms with Crippen LogP contribution in [-0.4, -0.2) is 44.7 Å². The zero-order valence-electron chi connectivity index (χ0n) is 16.5. The number of halogens is 1. The van der Waals surface area contributed by atoms with Crippen LogP contribution in [-0.2, 0) is 11.3 Å². The number of imidazole rings is 1. The SMILES string of the molecule is COCCCNc1nccc(-c2c(-c3ccc(F)cc3)nc3cc(CO)ccn23)n1. The summed E-state index contributed by atoms with van der Waals surface area (Å²) in [5.41, 5.74) is 4.33. The van der Waals surface area contributed by atoms with Crippen LogP contribution in [0.5, 0.6) is 0 Å². The molecule has 0 unspecified atom stereocenters. The highest BCUT2D eigenvalue weighted by molar-refractivity contribution is 5.80. The van der Waals surface area contributed by atoms with Gasteiger partial charge in [-0.2, -0.15) is 0 Å². The zero-order chi connectivity index (χ0) is 20.9. The van der Waals surface area contributed by atoms with Gasteiger partial charge in [-0.15, -0.1) is 0 Å². The van der Waals surface area contributed by atoms with Gasteiger partial charge in [-0.05, 0) is 54.4 Å². The van der Waals surface area contributed by atoms with E-state index in [1.807, 2.05) is 28.8 Å². The Morgan fingerprint density at radius 3 is 2.73 bits per heavy atom. The number of benzene rings is 1. The van der Waals surface area contributed by atoms with E-state index in [9.17, 15) is 9.50 Å². The molecule has 0 aliphatic heterocycles. The second-order valence-electron chi connectivity index (χ2n) is 6.78. The fourth-order valence-corrected chi connectivity index (χ4v) is 3.23. The summed E-state index contributed by atoms with van der Waals surface area (Å²) in [6, 6.07) is 11.7. The lowest BCUT2D eigenvalue weighted by Gasteiger charge is -2.08. The highest BCUT2D eigenvalue weighted by atomic mass is 19.1. The lowest BCUT2D eigenvalue weighted by atomic mass is 10.1. The molecular weight excluding hydrogens is 385 g/mol. The van der Waals surface area contributed by atoms with E-state index in [0.717, 1.165) is 23.2 Å². The van der Waals surface area contributed by atoms with Gasteiger partial charge in [0.1, 0.15) is 11.5 Å². The lowest BCUT2D eigenvalue weighted by molar-refractivity contribution is 0.197. The average molecular weight is 407 g/mol. The van der Waals surface area contributed by atoms with Crippen LogP contribution in [0.25, 0.3) is 28.3 Å². The number of aliphatic hydroxyl groups is 1. The minimum Gasteiger partial charge on any atom is -0.392 e. The van der Waals surface area contributed by atoms with Crippen molar-refractivity contribution >= 4 is 11.6 Å². The summed E-state index contributed by atoms with van der Waals surface area (Å²) in [7, 11) is 1.67. The molecule has 8 heteroatoms. The van der Waals surface area contributed by atoms with Crippen molar-refractivity contribution in [3.05, 3.63) is 66.2 Å². The first kappa shape index (κ1) is 19.9. The smallest absolute Gasteiger partial charge is 0.223 e. The third kappa shape index (κ3) is 4.14. The largest absolute Gasteiger partial charge is 0.392 e. The van der Waals surface area contributed by atoms with Gasteiger partial charge in [-0.3, -0.25) is 4.40 Å². The molecule has 0 aliphatic carbocycles. The monoisotopic (exact) mass is 407 g/mol. The van der Waals surface area contributed by atoms with Gasteiger partial charge in [0.25, 0.3) is 0 Å². The molecule has 0 fully saturated rings. The summed E-state index contributed by atoms with van der Waals surface area (Å²) >= 11 is 0. The summed E-state index contributed by atoms with van der Waals surface area (Å²) in [6.07, 6.45) is 4.38. The second-order valence-corrected chi connectivity index (χ2v) is 6.78. The topological polar surface area (TPSA) is 84.6 Å². The molecule has 3 aromatic heterocycles. The predicted octanol–water partition coefficient (Wildman–Crippen LogP) is 3.54. The third-order valence-corrected chi connectivity index (χ3v) is 4.70. The standard InChI is InChI=1S/C22H22FN5O2/c1-30-12-2-9-24-22-25-10-7-18(26-22)21-20(16-3-5-17(23)6-4-16)27-19-13-15(14-29)8-11-28(19)21/h3-8,10-11,13,29H,2,9,12,14H2,1H3,(H,24,25,26). The molecular formula is C22H22FN5O2. The Morgan fingerprint density at radius 1 is 1.13 bits per heavy atom. The van der Waals surface area contributed by atoms with E-state index in [0.29, 0.717) is 36.1 Å². The number of nitrogens with one attached hydrogen (secondary N) is 1. The molecule has 0 saturated heterocycles. The molecule has 0 aliphatic rings. The van der Waals surface area contributed by atoms with Gasteiger partial charge in [0.15, 0.2) is 0 Å². The first-order valence-electron chi connectivity index (χ1n) is 9.63. The van der Waals surface area contributed by atoms with Crippen molar-refractivity contribution in [3.8, 4) is 22.6 Å². The normalized spacial score (nSPS) is 11.2. The number of anilines is 1. The number of nitrogens with zero attached hydrogens (tertiary/aromatic N) is 4. The van der Waals surface area contributed by atoms with Gasteiger partial charge in [-0.25, -0.2) is 19.3 Å². The van der Waals surface area contributed by atoms with Crippen LogP contribution in [0.15, 0.2) is 54.9 Å². The van der Waals surface area contributed by atoms with Crippen LogP contribution in [0.2, 0.25) is 0 Å². The van der Waals surface area contributed by atoms with Crippen LogP contribution < -0.4 is 5.32 Å². The Balaban J connectivity index is 1.80. The quantitative estimate of drug-likeness (QED) is 0.435. The van der Waals surface area contributed by atoms with E-state index in [4.69, 9.17) is 9.72 Å². The molecule has 4 aromatic rings. The van der Waals surface area contributed by atoms with Crippen molar-refractivity contribution in [1.29, 1.82) is 0 Å². The summed E-state index contributed by atoms with van der Waals surface area (Å²) in [5, 5.41) is 12.7. The molecule has 3 heterocycles. The van der Waals surface area contributed by atoms with Crippen LogP contribution in [0, 0.1) is 5.82 Å². The van der Waals surface area contributed by atoms with E-state index in [1.54, 1.807) is 25.4 Å². The second kappa shape index (κ2) is 8.98. The molecule has 0 radical (unpaired) electrons. The third-order valence-electron chi connectivity index (χ3n) is 4.70. The van der Waals surface area contributed by atoms with Crippen molar-refractivity contribution < 1.29 is 14.2 Å². The molecule has 2 N–H and O–H groups in total. The van der Waals surface area contributed by atoms with Gasteiger partial charge in [0.2, 0.25) is 5.95 Å². The Morgan fingerprint density at radius 2 is 1.97 bits per heavy atom. The number of hydrogen-bond donors (Lipinski definition) is 2. The fraction of sp³-hybridized carbons (Fsp3) is 0.227. The van der Waals surface area contributed by atoms with E-state index >= 15 is 0 Å². The van der Waals surface area contributed by atoms with Crippen LogP contribution >= 0.6 is 0 Å². The number of aliphatic hydroxyl groups excluding tert-OH is 1. The summed E-state index contributed by atoms with van der Waals surface area (Å²) < 4.78 is 20.4. The maximum Gasteiger partial charge on any atom is 0.223 e. The lowest BCUT2D eigenvalue weighted by Crippen LogP contribution is -2.08. The zero-order valence-corrected chi connectivity index (χ0v) is 16.5. The number of ether oxygens (including phenoxy) is 1. The van der Waals surface area contributed by atoms with E-state index in [2.05, 4.69) is 15.3 Å². The Kier molecular flexibility index (Phi) is 5.97. The van der Waals surface area contributed by atoms with Crippen molar-refractivity contribution in [2.45, 2.75) is 13.0 Å². The molecule has 4 rings (SSSR count). The minimum atomic E-state index is -0.309. The van der Waals surface area contributed by atoms with E-state index in [1.165, 1.54) is 12.1 Å². The van der Waals surface area contributed by atoms with Crippen molar-refractivity contribution in [3.63, 3.8) is 0 Å². The summed E-state index contributed by atoms with van der Waals surface area (Å²) in [5.74, 6) is 0.201. The van der Waals surface area contributed by atoms with Crippen molar-refractivity contribution in [2.75, 3.05) is 25.6 Å². The first-order valence-corrected chi connectivity index (χ1v) is 9.63. The van der Waals surface area contributed by atoms with Crippen LogP contribution in [0.1, 0.15) is 12.0 Å². The molecule has 0 spiro atoms. The minimum absolute atomic E-state index is 0.0758. The number of aromatic nitrogens is 4. The van der Waals surface area contributed by atoms with Crippen molar-refractivity contribution in [2.24, 2.45) is 0 Å². The molecule has 1 aromatic carbocycles. The van der Waals surface area contributed by atoms with Crippen LogP contribution in [0.4, 0.5) is 10.3 Å². The summed E-state index contributed by atoms with van der Waals surface area (Å²) in [6.45, 7) is 1.27. The molecule has 0 saturated carbocycles. The van der Waals surface area contributed by atoms with Gasteiger partial charge in [0.05, 0.1) is 23.7 Å². The van der Waals surface area contributed by atoms with Crippen LogP contribution in [0.3, 0.4) is 0 Å². The van der Waals surface area contributed by atoms with E-state index < -0.39 is 0 Å². The van der Waals surface area contributed by atoms with Crippen molar-refractivity contribution in [1.82, 2.24) is 19.4 Å². The average Bonchev–Trinajstić information content (AvgIpc) is 3.16. The Labute approximate surface area is 173 Å². The molecule has 0 atom stereocenters. The van der Waals surface area contributed by atoms with Gasteiger partial charge in [-0.1, -0.05) is 0 Å². The molecule has 154 valence electrons. The summed E-state index contributed by atoms with van der Waals surface area (Å²) in [4.78, 5) is 13.7. The maximum atomic E-state index is 13.5.